The average Bonchev–Trinajstić information content (AvgIpc) is 0.789. The van der Waals surface area contributed by atoms with Crippen molar-refractivity contribution in [3.8, 4) is 101 Å². The molecule has 10 aromatic rings. The number of carbonyl (C=O) groups is 3. The van der Waals surface area contributed by atoms with Crippen molar-refractivity contribution in [2.24, 2.45) is 0 Å². The molecule has 0 spiro atoms. The van der Waals surface area contributed by atoms with Crippen LogP contribution in [0.4, 0.5) is 0 Å². The lowest BCUT2D eigenvalue weighted by atomic mass is 9.98. The Hall–Kier alpha value is -10.6. The van der Waals surface area contributed by atoms with Gasteiger partial charge >= 0.3 is 17.9 Å². The summed E-state index contributed by atoms with van der Waals surface area (Å²) in [6.07, 6.45) is 47.0. The monoisotopic (exact) mass is 1750 g/mol. The van der Waals surface area contributed by atoms with Crippen molar-refractivity contribution < 1.29 is 57.0 Å². The molecule has 0 aliphatic heterocycles. The van der Waals surface area contributed by atoms with Crippen LogP contribution < -0.4 is 28.4 Å². The lowest BCUT2D eigenvalue weighted by Crippen LogP contribution is -2.14. The van der Waals surface area contributed by atoms with E-state index in [1.807, 2.05) is 36.4 Å². The second-order valence-electron chi connectivity index (χ2n) is 34.8. The number of hydrogen-bond acceptors (Lipinski definition) is 12. The summed E-state index contributed by atoms with van der Waals surface area (Å²) in [4.78, 5) is 42.3. The van der Waals surface area contributed by atoms with Crippen molar-refractivity contribution in [1.82, 2.24) is 0 Å². The van der Waals surface area contributed by atoms with Gasteiger partial charge in [0, 0.05) is 33.4 Å². The van der Waals surface area contributed by atoms with Gasteiger partial charge in [0.15, 0.2) is 0 Å². The molecule has 12 nitrogen and oxygen atoms in total. The number of esters is 3. The Morgan fingerprint density at radius 3 is 0.465 bits per heavy atom. The molecule has 12 heteroatoms. The van der Waals surface area contributed by atoms with Crippen molar-refractivity contribution in [2.45, 2.75) is 290 Å². The normalized spacial score (nSPS) is 11.2. The maximum Gasteiger partial charge on any atom is 0.338 e. The first kappa shape index (κ1) is 101. The number of rotatable bonds is 69. The highest BCUT2D eigenvalue weighted by atomic mass is 16.5. The van der Waals surface area contributed by atoms with Crippen LogP contribution in [-0.2, 0) is 14.2 Å². The topological polar surface area (TPSA) is 134 Å². The number of ether oxygens (including phenoxy) is 9. The third kappa shape index (κ3) is 37.1. The first-order chi connectivity index (χ1) is 63.8. The molecule has 690 valence electrons. The molecule has 0 aliphatic rings. The molecule has 10 aromatic carbocycles. The van der Waals surface area contributed by atoms with E-state index in [2.05, 4.69) is 203 Å². The minimum atomic E-state index is -0.642. The summed E-state index contributed by atoms with van der Waals surface area (Å²) < 4.78 is 57.8. The Balaban J connectivity index is 0.727. The van der Waals surface area contributed by atoms with Gasteiger partial charge in [-0.3, -0.25) is 0 Å². The van der Waals surface area contributed by atoms with Gasteiger partial charge < -0.3 is 42.6 Å². The van der Waals surface area contributed by atoms with Gasteiger partial charge in [0.05, 0.1) is 76.2 Å². The summed E-state index contributed by atoms with van der Waals surface area (Å²) in [6.45, 7) is 10.7. The van der Waals surface area contributed by atoms with E-state index in [1.165, 1.54) is 172 Å². The largest absolute Gasteiger partial charge is 0.493 e. The summed E-state index contributed by atoms with van der Waals surface area (Å²) in [6, 6.07) is 79.6. The van der Waals surface area contributed by atoms with Crippen molar-refractivity contribution >= 4 is 17.9 Å². The Bertz CT molecular complexity index is 4220. The standard InChI is InChI=1S/C117H150O12/c1-4-7-10-13-16-19-22-25-28-55-76-121-109-88-106(97-70-49-40-50-71-97)112(91-103(109)94-64-43-37-44-65-94)124-79-58-31-34-61-82-127-115(118)100-85-101(116(119)128-83-62-35-32-59-80-125-113-92-104(95-66-45-38-46-67-95)110(89-107(113)98-72-51-41-52-73-98)122-77-56-29-26-23-20-17-14-11-8-5-2)87-102(86-100)117(120)129-84-63-36-33-60-81-126-114-93-105(96-68-47-39-48-69-96)111(90-108(114)99-74-53-42-54-75-99)123-78-57-30-27-24-21-18-15-12-9-6-3/h37-54,64-75,85-93H,4-36,55-63,76-84H2,1-3H3. The highest BCUT2D eigenvalue weighted by Crippen LogP contribution is 2.45. The fourth-order valence-corrected chi connectivity index (χ4v) is 16.7. The number of benzene rings is 10. The van der Waals surface area contributed by atoms with E-state index in [-0.39, 0.29) is 36.5 Å². The van der Waals surface area contributed by atoms with Gasteiger partial charge in [-0.1, -0.05) is 376 Å². The zero-order chi connectivity index (χ0) is 89.9. The van der Waals surface area contributed by atoms with E-state index < -0.39 is 17.9 Å². The molecule has 0 heterocycles. The van der Waals surface area contributed by atoms with Crippen LogP contribution >= 0.6 is 0 Å². The highest BCUT2D eigenvalue weighted by molar-refractivity contribution is 6.00. The van der Waals surface area contributed by atoms with Crippen molar-refractivity contribution in [1.29, 1.82) is 0 Å². The summed E-state index contributed by atoms with van der Waals surface area (Å²) in [5, 5.41) is 0. The van der Waals surface area contributed by atoms with Crippen LogP contribution in [0, 0.1) is 0 Å². The van der Waals surface area contributed by atoms with Crippen LogP contribution in [0.5, 0.6) is 34.5 Å². The summed E-state index contributed by atoms with van der Waals surface area (Å²) in [5.41, 5.74) is 12.6. The molecule has 0 saturated carbocycles. The van der Waals surface area contributed by atoms with Gasteiger partial charge in [0.25, 0.3) is 0 Å². The van der Waals surface area contributed by atoms with E-state index in [0.717, 1.165) is 198 Å². The molecule has 0 fully saturated rings. The van der Waals surface area contributed by atoms with E-state index >= 15 is 0 Å². The predicted molar refractivity (Wildman–Crippen MR) is 533 cm³/mol. The van der Waals surface area contributed by atoms with Gasteiger partial charge in [-0.2, -0.15) is 0 Å². The van der Waals surface area contributed by atoms with Gasteiger partial charge in [-0.25, -0.2) is 14.4 Å². The maximum atomic E-state index is 14.1. The Morgan fingerprint density at radius 2 is 0.310 bits per heavy atom. The van der Waals surface area contributed by atoms with Crippen LogP contribution in [-0.4, -0.2) is 77.4 Å². The molecule has 0 unspecified atom stereocenters. The zero-order valence-corrected chi connectivity index (χ0v) is 78.5. The summed E-state index contributed by atoms with van der Waals surface area (Å²) in [5.74, 6) is 3.03. The molecule has 0 N–H and O–H groups in total. The first-order valence-electron chi connectivity index (χ1n) is 50.1. The van der Waals surface area contributed by atoms with Gasteiger partial charge in [0.1, 0.15) is 34.5 Å². The number of unbranched alkanes of at least 4 members (excludes halogenated alkanes) is 36. The van der Waals surface area contributed by atoms with Gasteiger partial charge in [-0.15, -0.1) is 0 Å². The Kier molecular flexibility index (Phi) is 48.2. The molecular weight excluding hydrogens is 1600 g/mol. The molecule has 0 amide bonds. The van der Waals surface area contributed by atoms with Crippen LogP contribution in [0.2, 0.25) is 0 Å². The van der Waals surface area contributed by atoms with Crippen molar-refractivity contribution in [3.05, 3.63) is 253 Å². The molecule has 0 aromatic heterocycles. The first-order valence-corrected chi connectivity index (χ1v) is 50.1. The fourth-order valence-electron chi connectivity index (χ4n) is 16.7. The minimum absolute atomic E-state index is 0.0692. The van der Waals surface area contributed by atoms with E-state index in [9.17, 15) is 14.4 Å². The Labute approximate surface area is 774 Å². The molecule has 0 saturated heterocycles. The van der Waals surface area contributed by atoms with Crippen molar-refractivity contribution in [2.75, 3.05) is 59.5 Å². The molecule has 0 bridgehead atoms. The maximum absolute atomic E-state index is 14.1. The molecule has 0 aliphatic carbocycles. The second-order valence-corrected chi connectivity index (χ2v) is 34.8. The zero-order valence-electron chi connectivity index (χ0n) is 78.5. The lowest BCUT2D eigenvalue weighted by Gasteiger charge is -2.18. The summed E-state index contributed by atoms with van der Waals surface area (Å²) in [7, 11) is 0. The van der Waals surface area contributed by atoms with Gasteiger partial charge in [0.2, 0.25) is 0 Å². The van der Waals surface area contributed by atoms with Gasteiger partial charge in [-0.05, 0) is 184 Å². The smallest absolute Gasteiger partial charge is 0.338 e. The Morgan fingerprint density at radius 1 is 0.171 bits per heavy atom. The predicted octanol–water partition coefficient (Wildman–Crippen LogP) is 33.0. The molecule has 10 rings (SSSR count). The second kappa shape index (κ2) is 61.8. The quantitative estimate of drug-likeness (QED) is 0.0204. The van der Waals surface area contributed by atoms with Crippen LogP contribution in [0.25, 0.3) is 66.8 Å². The van der Waals surface area contributed by atoms with E-state index in [4.69, 9.17) is 42.6 Å². The third-order valence-corrected chi connectivity index (χ3v) is 24.2. The minimum Gasteiger partial charge on any atom is -0.493 e. The summed E-state index contributed by atoms with van der Waals surface area (Å²) >= 11 is 0. The van der Waals surface area contributed by atoms with E-state index in [1.54, 1.807) is 0 Å². The van der Waals surface area contributed by atoms with Crippen LogP contribution in [0.15, 0.2) is 237 Å². The highest BCUT2D eigenvalue weighted by Gasteiger charge is 2.23. The SMILES string of the molecule is CCCCCCCCCCCCOc1cc(-c2ccccc2)c(OCCCCCCOC(=O)c2cc(C(=O)OCCCCCCOc3cc(-c4ccccc4)c(OCCCCCCCCCCCC)cc3-c3ccccc3)cc(C(=O)OCCCCCCOc3cc(-c4ccccc4)c(OCCCCCCCCCCCC)cc3-c3ccccc3)c2)cc1-c1ccccc1. The number of hydrogen-bond donors (Lipinski definition) is 0. The van der Waals surface area contributed by atoms with Crippen LogP contribution in [0.1, 0.15) is 322 Å². The number of carbonyl (C=O) groups excluding carboxylic acids is 3. The van der Waals surface area contributed by atoms with Crippen LogP contribution in [0.3, 0.4) is 0 Å². The molecule has 0 radical (unpaired) electrons. The fraction of sp³-hybridized carbons (Fsp3) is 0.462. The van der Waals surface area contributed by atoms with E-state index in [0.29, 0.717) is 58.9 Å². The third-order valence-electron chi connectivity index (χ3n) is 24.2. The average molecular weight is 1750 g/mol. The molecular formula is C117H150O12. The molecule has 129 heavy (non-hydrogen) atoms. The lowest BCUT2D eigenvalue weighted by molar-refractivity contribution is 0.0493. The van der Waals surface area contributed by atoms with Crippen molar-refractivity contribution in [3.63, 3.8) is 0 Å². The molecule has 0 atom stereocenters.